The van der Waals surface area contributed by atoms with Gasteiger partial charge in [-0.2, -0.15) is 5.10 Å². The lowest BCUT2D eigenvalue weighted by atomic mass is 10.1. The SMILES string of the molecule is CCCn1c(C)nc2cc(N3CCO[C@H](c4ccnn4C)C3)nc(-c3ccc(Cl)cc3F)c2c1=O. The Kier molecular flexibility index (Phi) is 6.29. The molecule has 35 heavy (non-hydrogen) atoms. The first kappa shape index (κ1) is 23.4. The molecule has 0 N–H and O–H groups in total. The summed E-state index contributed by atoms with van der Waals surface area (Å²) in [5, 5.41) is 4.82. The van der Waals surface area contributed by atoms with Crippen molar-refractivity contribution in [1.29, 1.82) is 0 Å². The van der Waals surface area contributed by atoms with Crippen molar-refractivity contribution in [1.82, 2.24) is 24.3 Å². The minimum Gasteiger partial charge on any atom is -0.368 e. The number of aryl methyl sites for hydroxylation is 2. The molecule has 1 fully saturated rings. The zero-order valence-electron chi connectivity index (χ0n) is 19.8. The second kappa shape index (κ2) is 9.39. The fraction of sp³-hybridized carbons (Fsp3) is 0.360. The van der Waals surface area contributed by atoms with Gasteiger partial charge in [0.1, 0.15) is 23.6 Å². The first-order valence-electron chi connectivity index (χ1n) is 11.6. The summed E-state index contributed by atoms with van der Waals surface area (Å²) in [6, 6.07) is 8.13. The molecule has 1 aliphatic rings. The van der Waals surface area contributed by atoms with Crippen molar-refractivity contribution in [3.63, 3.8) is 0 Å². The topological polar surface area (TPSA) is 78.1 Å². The van der Waals surface area contributed by atoms with E-state index in [1.165, 1.54) is 6.07 Å². The molecule has 1 aromatic carbocycles. The van der Waals surface area contributed by atoms with E-state index in [1.54, 1.807) is 27.6 Å². The van der Waals surface area contributed by atoms with Crippen LogP contribution in [0.5, 0.6) is 0 Å². The number of pyridine rings is 1. The minimum absolute atomic E-state index is 0.197. The molecule has 0 saturated carbocycles. The highest BCUT2D eigenvalue weighted by Gasteiger charge is 2.27. The van der Waals surface area contributed by atoms with E-state index >= 15 is 4.39 Å². The van der Waals surface area contributed by atoms with E-state index in [1.807, 2.05) is 33.0 Å². The Bertz CT molecular complexity index is 1470. The summed E-state index contributed by atoms with van der Waals surface area (Å²) in [6.07, 6.45) is 2.31. The molecule has 0 radical (unpaired) electrons. The van der Waals surface area contributed by atoms with E-state index in [-0.39, 0.29) is 27.9 Å². The standard InChI is InChI=1S/C25H26ClFN6O2/c1-4-9-33-15(2)29-19-13-22(32-10-11-35-21(14-32)20-7-8-28-31(20)3)30-24(23(19)25(33)34)17-6-5-16(26)12-18(17)27/h5-8,12-13,21H,4,9-11,14H2,1-3H3/t21-/m0/s1. The van der Waals surface area contributed by atoms with Crippen LogP contribution in [0.15, 0.2) is 41.3 Å². The molecule has 0 spiro atoms. The molecule has 4 aromatic rings. The van der Waals surface area contributed by atoms with Crippen molar-refractivity contribution in [3.8, 4) is 11.3 Å². The predicted octanol–water partition coefficient (Wildman–Crippen LogP) is 4.28. The van der Waals surface area contributed by atoms with Gasteiger partial charge < -0.3 is 9.64 Å². The molecule has 3 aromatic heterocycles. The van der Waals surface area contributed by atoms with E-state index < -0.39 is 5.82 Å². The molecule has 8 nitrogen and oxygen atoms in total. The lowest BCUT2D eigenvalue weighted by Gasteiger charge is -2.34. The second-order valence-corrected chi connectivity index (χ2v) is 9.08. The molecule has 0 aliphatic carbocycles. The zero-order chi connectivity index (χ0) is 24.7. The highest BCUT2D eigenvalue weighted by atomic mass is 35.5. The molecule has 0 unspecified atom stereocenters. The number of morpholine rings is 1. The number of ether oxygens (including phenoxy) is 1. The van der Waals surface area contributed by atoms with Gasteiger partial charge in [0.2, 0.25) is 0 Å². The number of rotatable bonds is 5. The van der Waals surface area contributed by atoms with Crippen molar-refractivity contribution in [2.24, 2.45) is 7.05 Å². The molecule has 0 bridgehead atoms. The van der Waals surface area contributed by atoms with Crippen molar-refractivity contribution >= 4 is 28.3 Å². The average molecular weight is 497 g/mol. The number of halogens is 2. The summed E-state index contributed by atoms with van der Waals surface area (Å²) in [5.41, 5.74) is 1.68. The van der Waals surface area contributed by atoms with Crippen LogP contribution in [0.3, 0.4) is 0 Å². The smallest absolute Gasteiger partial charge is 0.263 e. The molecule has 5 rings (SSSR count). The van der Waals surface area contributed by atoms with Crippen LogP contribution in [-0.4, -0.2) is 44.0 Å². The van der Waals surface area contributed by atoms with Gasteiger partial charge in [-0.15, -0.1) is 0 Å². The lowest BCUT2D eigenvalue weighted by Crippen LogP contribution is -2.39. The summed E-state index contributed by atoms with van der Waals surface area (Å²) >= 11 is 6.00. The normalized spacial score (nSPS) is 16.3. The Hall–Kier alpha value is -3.30. The third kappa shape index (κ3) is 4.30. The summed E-state index contributed by atoms with van der Waals surface area (Å²) in [5.74, 6) is 0.677. The van der Waals surface area contributed by atoms with E-state index in [2.05, 4.69) is 10.00 Å². The largest absolute Gasteiger partial charge is 0.368 e. The van der Waals surface area contributed by atoms with Crippen LogP contribution in [0.2, 0.25) is 5.02 Å². The number of hydrogen-bond acceptors (Lipinski definition) is 6. The maximum atomic E-state index is 15.1. The van der Waals surface area contributed by atoms with Crippen molar-refractivity contribution in [2.75, 3.05) is 24.6 Å². The Morgan fingerprint density at radius 3 is 2.77 bits per heavy atom. The molecular formula is C25H26ClFN6O2. The van der Waals surface area contributed by atoms with Crippen molar-refractivity contribution in [3.05, 3.63) is 69.2 Å². The first-order chi connectivity index (χ1) is 16.9. The molecule has 1 atom stereocenters. The second-order valence-electron chi connectivity index (χ2n) is 8.65. The third-order valence-electron chi connectivity index (χ3n) is 6.33. The summed E-state index contributed by atoms with van der Waals surface area (Å²) < 4.78 is 24.5. The predicted molar refractivity (Wildman–Crippen MR) is 133 cm³/mol. The third-order valence-corrected chi connectivity index (χ3v) is 6.56. The van der Waals surface area contributed by atoms with Crippen LogP contribution in [0.25, 0.3) is 22.2 Å². The highest BCUT2D eigenvalue weighted by Crippen LogP contribution is 2.33. The van der Waals surface area contributed by atoms with E-state index in [9.17, 15) is 4.79 Å². The summed E-state index contributed by atoms with van der Waals surface area (Å²) in [4.78, 5) is 25.2. The fourth-order valence-corrected chi connectivity index (χ4v) is 4.75. The molecule has 4 heterocycles. The fourth-order valence-electron chi connectivity index (χ4n) is 4.60. The van der Waals surface area contributed by atoms with E-state index in [0.29, 0.717) is 48.8 Å². The van der Waals surface area contributed by atoms with Crippen LogP contribution < -0.4 is 10.5 Å². The van der Waals surface area contributed by atoms with Gasteiger partial charge in [0.05, 0.1) is 35.4 Å². The van der Waals surface area contributed by atoms with Gasteiger partial charge in [-0.25, -0.2) is 14.4 Å². The number of anilines is 1. The minimum atomic E-state index is -0.541. The molecule has 1 saturated heterocycles. The molecule has 10 heteroatoms. The Labute approximate surface area is 206 Å². The van der Waals surface area contributed by atoms with Gasteiger partial charge in [0.25, 0.3) is 5.56 Å². The quantitative estimate of drug-likeness (QED) is 0.410. The average Bonchev–Trinajstić information content (AvgIpc) is 3.27. The van der Waals surface area contributed by atoms with Gasteiger partial charge >= 0.3 is 0 Å². The van der Waals surface area contributed by atoms with E-state index in [0.717, 1.165) is 12.1 Å². The lowest BCUT2D eigenvalue weighted by molar-refractivity contribution is 0.0343. The number of hydrogen-bond donors (Lipinski definition) is 0. The van der Waals surface area contributed by atoms with Crippen LogP contribution >= 0.6 is 11.6 Å². The highest BCUT2D eigenvalue weighted by molar-refractivity contribution is 6.30. The Balaban J connectivity index is 1.69. The number of benzene rings is 1. The van der Waals surface area contributed by atoms with Gasteiger partial charge in [0.15, 0.2) is 0 Å². The Morgan fingerprint density at radius 2 is 2.06 bits per heavy atom. The summed E-state index contributed by atoms with van der Waals surface area (Å²) in [6.45, 7) is 5.95. The number of fused-ring (bicyclic) bond motifs is 1. The van der Waals surface area contributed by atoms with Crippen molar-refractivity contribution in [2.45, 2.75) is 32.9 Å². The van der Waals surface area contributed by atoms with Crippen LogP contribution in [-0.2, 0) is 18.3 Å². The number of nitrogens with zero attached hydrogens (tertiary/aromatic N) is 6. The molecule has 1 aliphatic heterocycles. The van der Waals surface area contributed by atoms with Gasteiger partial charge in [0, 0.05) is 43.0 Å². The van der Waals surface area contributed by atoms with Gasteiger partial charge in [-0.3, -0.25) is 14.0 Å². The maximum Gasteiger partial charge on any atom is 0.263 e. The molecule has 0 amide bonds. The Morgan fingerprint density at radius 1 is 1.23 bits per heavy atom. The van der Waals surface area contributed by atoms with Crippen LogP contribution in [0.4, 0.5) is 10.2 Å². The van der Waals surface area contributed by atoms with Gasteiger partial charge in [-0.1, -0.05) is 18.5 Å². The molecule has 182 valence electrons. The maximum absolute atomic E-state index is 15.1. The van der Waals surface area contributed by atoms with Crippen LogP contribution in [0, 0.1) is 12.7 Å². The van der Waals surface area contributed by atoms with Crippen molar-refractivity contribution < 1.29 is 9.13 Å². The monoisotopic (exact) mass is 496 g/mol. The van der Waals surface area contributed by atoms with Crippen LogP contribution in [0.1, 0.15) is 31.0 Å². The zero-order valence-corrected chi connectivity index (χ0v) is 20.6. The number of aromatic nitrogens is 5. The first-order valence-corrected chi connectivity index (χ1v) is 12.0. The van der Waals surface area contributed by atoms with Gasteiger partial charge in [-0.05, 0) is 37.6 Å². The summed E-state index contributed by atoms with van der Waals surface area (Å²) in [7, 11) is 1.88. The molecular weight excluding hydrogens is 471 g/mol. The van der Waals surface area contributed by atoms with E-state index in [4.69, 9.17) is 26.3 Å².